The summed E-state index contributed by atoms with van der Waals surface area (Å²) >= 11 is 0. The van der Waals surface area contributed by atoms with Crippen molar-refractivity contribution in [3.8, 4) is 0 Å². The maximum atomic E-state index is 10.5. The molecule has 0 aliphatic rings. The lowest BCUT2D eigenvalue weighted by Gasteiger charge is -2.22. The van der Waals surface area contributed by atoms with Crippen LogP contribution in [-0.2, 0) is 9.59 Å². The van der Waals surface area contributed by atoms with E-state index < -0.39 is 12.0 Å². The Morgan fingerprint density at radius 1 is 1.58 bits per heavy atom. The molecule has 0 heterocycles. The second-order valence-corrected chi connectivity index (χ2v) is 3.94. The van der Waals surface area contributed by atoms with Crippen LogP contribution < -0.4 is 5.32 Å². The van der Waals surface area contributed by atoms with E-state index in [1.807, 2.05) is 20.8 Å². The molecule has 2 N–H and O–H groups in total. The van der Waals surface area contributed by atoms with Crippen LogP contribution in [0.15, 0.2) is 0 Å². The van der Waals surface area contributed by atoms with Gasteiger partial charge in [-0.2, -0.15) is 0 Å². The fourth-order valence-corrected chi connectivity index (χ4v) is 0.912. The third kappa shape index (κ3) is 4.71. The third-order valence-corrected chi connectivity index (χ3v) is 1.38. The van der Waals surface area contributed by atoms with E-state index in [1.54, 1.807) is 0 Å². The van der Waals surface area contributed by atoms with Gasteiger partial charge in [0.15, 0.2) is 0 Å². The summed E-state index contributed by atoms with van der Waals surface area (Å²) in [5, 5.41) is 10.9. The van der Waals surface area contributed by atoms with Crippen molar-refractivity contribution in [2.75, 3.05) is 0 Å². The Labute approximate surface area is 72.0 Å². The van der Waals surface area contributed by atoms with E-state index >= 15 is 0 Å². The van der Waals surface area contributed by atoms with Crippen molar-refractivity contribution in [2.24, 2.45) is 5.41 Å². The quantitative estimate of drug-likeness (QED) is 0.612. The van der Waals surface area contributed by atoms with Gasteiger partial charge in [-0.25, -0.2) is 4.79 Å². The Morgan fingerprint density at radius 3 is 2.33 bits per heavy atom. The van der Waals surface area contributed by atoms with Gasteiger partial charge in [-0.15, -0.1) is 0 Å². The minimum Gasteiger partial charge on any atom is -0.480 e. The molecular weight excluding hydrogens is 158 g/mol. The van der Waals surface area contributed by atoms with Gasteiger partial charge in [-0.1, -0.05) is 20.8 Å². The van der Waals surface area contributed by atoms with E-state index in [9.17, 15) is 9.59 Å². The van der Waals surface area contributed by atoms with Crippen molar-refractivity contribution in [3.63, 3.8) is 0 Å². The molecule has 12 heavy (non-hydrogen) atoms. The molecule has 4 heteroatoms. The predicted molar refractivity (Wildman–Crippen MR) is 44.7 cm³/mol. The highest BCUT2D eigenvalue weighted by atomic mass is 16.4. The van der Waals surface area contributed by atoms with Gasteiger partial charge in [0.2, 0.25) is 6.41 Å². The molecule has 70 valence electrons. The van der Waals surface area contributed by atoms with Crippen molar-refractivity contribution in [2.45, 2.75) is 33.2 Å². The minimum atomic E-state index is -0.989. The maximum absolute atomic E-state index is 10.5. The summed E-state index contributed by atoms with van der Waals surface area (Å²) in [6.07, 6.45) is 0.853. The molecule has 0 aliphatic heterocycles. The lowest BCUT2D eigenvalue weighted by atomic mass is 9.88. The van der Waals surface area contributed by atoms with Crippen molar-refractivity contribution in [1.82, 2.24) is 5.32 Å². The second-order valence-electron chi connectivity index (χ2n) is 3.94. The zero-order chi connectivity index (χ0) is 9.78. The number of hydrogen-bond acceptors (Lipinski definition) is 2. The Balaban J connectivity index is 4.13. The average Bonchev–Trinajstić information content (AvgIpc) is 1.83. The molecule has 0 aromatic carbocycles. The van der Waals surface area contributed by atoms with Crippen LogP contribution in [0.1, 0.15) is 27.2 Å². The molecule has 0 fully saturated rings. The van der Waals surface area contributed by atoms with E-state index in [4.69, 9.17) is 5.11 Å². The summed E-state index contributed by atoms with van der Waals surface area (Å²) in [5.74, 6) is -0.989. The number of carboxylic acid groups (broad SMARTS) is 1. The van der Waals surface area contributed by atoms with Crippen molar-refractivity contribution < 1.29 is 14.7 Å². The largest absolute Gasteiger partial charge is 0.480 e. The number of aliphatic carboxylic acids is 1. The molecule has 4 nitrogen and oxygen atoms in total. The van der Waals surface area contributed by atoms with Gasteiger partial charge in [0.05, 0.1) is 0 Å². The van der Waals surface area contributed by atoms with Crippen LogP contribution in [0.25, 0.3) is 0 Å². The van der Waals surface area contributed by atoms with Gasteiger partial charge >= 0.3 is 5.97 Å². The Bertz CT molecular complexity index is 172. The summed E-state index contributed by atoms with van der Waals surface area (Å²) in [5.41, 5.74) is -0.0981. The van der Waals surface area contributed by atoms with Crippen LogP contribution in [0.4, 0.5) is 0 Å². The maximum Gasteiger partial charge on any atom is 0.326 e. The molecule has 1 amide bonds. The molecule has 0 bridgehead atoms. The summed E-state index contributed by atoms with van der Waals surface area (Å²) in [4.78, 5) is 20.6. The number of hydrogen-bond donors (Lipinski definition) is 2. The van der Waals surface area contributed by atoms with Gasteiger partial charge < -0.3 is 10.4 Å². The van der Waals surface area contributed by atoms with Crippen LogP contribution in [-0.4, -0.2) is 23.5 Å². The first kappa shape index (κ1) is 10.9. The zero-order valence-electron chi connectivity index (χ0n) is 7.63. The molecule has 0 saturated carbocycles. The summed E-state index contributed by atoms with van der Waals surface area (Å²) in [6, 6.07) is -0.775. The van der Waals surface area contributed by atoms with Crippen LogP contribution in [0.3, 0.4) is 0 Å². The molecule has 0 aromatic heterocycles. The number of nitrogens with one attached hydrogen (secondary N) is 1. The van der Waals surface area contributed by atoms with E-state index in [0.29, 0.717) is 12.8 Å². The van der Waals surface area contributed by atoms with Crippen LogP contribution >= 0.6 is 0 Å². The highest BCUT2D eigenvalue weighted by molar-refractivity contribution is 5.76. The van der Waals surface area contributed by atoms with Gasteiger partial charge in [-0.3, -0.25) is 4.79 Å². The van der Waals surface area contributed by atoms with Crippen molar-refractivity contribution in [3.05, 3.63) is 0 Å². The van der Waals surface area contributed by atoms with Gasteiger partial charge in [0.25, 0.3) is 0 Å². The molecular formula is C8H15NO3. The fourth-order valence-electron chi connectivity index (χ4n) is 0.912. The number of rotatable bonds is 4. The molecule has 0 aromatic rings. The molecule has 0 radical (unpaired) electrons. The highest BCUT2D eigenvalue weighted by Gasteiger charge is 2.23. The smallest absolute Gasteiger partial charge is 0.326 e. The number of carbonyl (C=O) groups is 2. The number of carboxylic acids is 1. The standard InChI is InChI=1S/C8H15NO3/c1-8(2,3)4-6(7(11)12)9-5-10/h5-6H,4H2,1-3H3,(H,9,10)(H,11,12)/t6-/m0/s1. The average molecular weight is 173 g/mol. The molecule has 0 aliphatic carbocycles. The van der Waals surface area contributed by atoms with E-state index in [2.05, 4.69) is 5.32 Å². The SMILES string of the molecule is CC(C)(C)C[C@H](NC=O)C(=O)O. The van der Waals surface area contributed by atoms with Crippen molar-refractivity contribution >= 4 is 12.4 Å². The summed E-state index contributed by atoms with van der Waals surface area (Å²) in [6.45, 7) is 5.78. The van der Waals surface area contributed by atoms with Gasteiger partial charge in [0.1, 0.15) is 6.04 Å². The summed E-state index contributed by atoms with van der Waals surface area (Å²) < 4.78 is 0. The van der Waals surface area contributed by atoms with Crippen molar-refractivity contribution in [1.29, 1.82) is 0 Å². The monoisotopic (exact) mass is 173 g/mol. The second kappa shape index (κ2) is 4.09. The Kier molecular flexibility index (Phi) is 3.73. The Hall–Kier alpha value is -1.06. The van der Waals surface area contributed by atoms with E-state index in [-0.39, 0.29) is 5.41 Å². The zero-order valence-corrected chi connectivity index (χ0v) is 7.63. The lowest BCUT2D eigenvalue weighted by Crippen LogP contribution is -2.38. The van der Waals surface area contributed by atoms with E-state index in [0.717, 1.165) is 0 Å². The van der Waals surface area contributed by atoms with Gasteiger partial charge in [-0.05, 0) is 11.8 Å². The fraction of sp³-hybridized carbons (Fsp3) is 0.750. The molecule has 0 saturated heterocycles. The first-order valence-electron chi connectivity index (χ1n) is 3.79. The molecule has 0 rings (SSSR count). The summed E-state index contributed by atoms with van der Waals surface area (Å²) in [7, 11) is 0. The Morgan fingerprint density at radius 2 is 2.08 bits per heavy atom. The van der Waals surface area contributed by atoms with Crippen LogP contribution in [0.2, 0.25) is 0 Å². The first-order chi connectivity index (χ1) is 5.37. The molecule has 0 spiro atoms. The first-order valence-corrected chi connectivity index (χ1v) is 3.79. The number of amides is 1. The van der Waals surface area contributed by atoms with Crippen LogP contribution in [0, 0.1) is 5.41 Å². The van der Waals surface area contributed by atoms with Crippen LogP contribution in [0.5, 0.6) is 0 Å². The van der Waals surface area contributed by atoms with E-state index in [1.165, 1.54) is 0 Å². The predicted octanol–water partition coefficient (Wildman–Crippen LogP) is 0.622. The lowest BCUT2D eigenvalue weighted by molar-refractivity contribution is -0.141. The normalized spacial score (nSPS) is 13.6. The van der Waals surface area contributed by atoms with Gasteiger partial charge in [0, 0.05) is 0 Å². The highest BCUT2D eigenvalue weighted by Crippen LogP contribution is 2.20. The molecule has 1 atom stereocenters. The topological polar surface area (TPSA) is 66.4 Å². The molecule has 0 unspecified atom stereocenters. The number of carbonyl (C=O) groups excluding carboxylic acids is 1. The third-order valence-electron chi connectivity index (χ3n) is 1.38. The minimum absolute atomic E-state index is 0.0981.